The highest BCUT2D eigenvalue weighted by atomic mass is 19.3. The third-order valence-electron chi connectivity index (χ3n) is 3.58. The molecule has 0 radical (unpaired) electrons. The number of aryl methyl sites for hydroxylation is 2. The van der Waals surface area contributed by atoms with Gasteiger partial charge >= 0.3 is 12.3 Å². The first kappa shape index (κ1) is 19.9. The second kappa shape index (κ2) is 8.31. The maximum atomic E-state index is 12.8. The summed E-state index contributed by atoms with van der Waals surface area (Å²) in [5.41, 5.74) is 3.60. The summed E-state index contributed by atoms with van der Waals surface area (Å²) in [6.07, 6.45) is -3.76. The normalized spacial score (nSPS) is 11.7. The molecule has 2 aromatic carbocycles. The maximum absolute atomic E-state index is 12.8. The summed E-state index contributed by atoms with van der Waals surface area (Å²) >= 11 is 0. The average molecular weight is 369 g/mol. The van der Waals surface area contributed by atoms with E-state index < -0.39 is 19.0 Å². The summed E-state index contributed by atoms with van der Waals surface area (Å²) in [4.78, 5) is 12.2. The van der Waals surface area contributed by atoms with Crippen LogP contribution in [0.3, 0.4) is 0 Å². The van der Waals surface area contributed by atoms with E-state index in [-0.39, 0.29) is 12.5 Å². The fourth-order valence-electron chi connectivity index (χ4n) is 2.37. The third kappa shape index (κ3) is 5.56. The molecular formula is C19H19F4NO2. The Balaban J connectivity index is 1.93. The number of hydrogen-bond acceptors (Lipinski definition) is 2. The van der Waals surface area contributed by atoms with Crippen LogP contribution in [0.2, 0.25) is 0 Å². The first-order valence-electron chi connectivity index (χ1n) is 7.90. The molecule has 26 heavy (non-hydrogen) atoms. The van der Waals surface area contributed by atoms with E-state index in [0.717, 1.165) is 11.1 Å². The zero-order valence-electron chi connectivity index (χ0n) is 14.4. The van der Waals surface area contributed by atoms with Gasteiger partial charge in [-0.1, -0.05) is 18.2 Å². The van der Waals surface area contributed by atoms with E-state index in [2.05, 4.69) is 10.1 Å². The molecule has 2 aromatic rings. The van der Waals surface area contributed by atoms with Crippen LogP contribution >= 0.6 is 0 Å². The number of hydrogen-bond donors (Lipinski definition) is 1. The van der Waals surface area contributed by atoms with Crippen LogP contribution < -0.4 is 5.32 Å². The van der Waals surface area contributed by atoms with Crippen molar-refractivity contribution in [2.24, 2.45) is 0 Å². The van der Waals surface area contributed by atoms with Crippen molar-refractivity contribution < 1.29 is 27.1 Å². The predicted octanol–water partition coefficient (Wildman–Crippen LogP) is 4.97. The molecular weight excluding hydrogens is 350 g/mol. The minimum atomic E-state index is -4.17. The monoisotopic (exact) mass is 369 g/mol. The largest absolute Gasteiger partial charge is 0.370 e. The number of carbonyl (C=O) groups excluding carboxylic acids is 1. The standard InChI is InChI=1S/C19H19F4NO2/c1-12-7-13(2)9-16(8-12)24-17(25)15-5-3-14(4-6-15)10-26-11-19(22,23)18(20)21/h3-9,18H,10-11H2,1-2H3,(H,24,25). The molecule has 1 N–H and O–H groups in total. The lowest BCUT2D eigenvalue weighted by molar-refractivity contribution is -0.168. The van der Waals surface area contributed by atoms with E-state index in [9.17, 15) is 22.4 Å². The van der Waals surface area contributed by atoms with Gasteiger partial charge in [0.25, 0.3) is 5.91 Å². The molecule has 0 heterocycles. The minimum Gasteiger partial charge on any atom is -0.370 e. The van der Waals surface area contributed by atoms with Crippen LogP contribution in [0.25, 0.3) is 0 Å². The molecule has 2 rings (SSSR count). The second-order valence-corrected chi connectivity index (χ2v) is 6.08. The lowest BCUT2D eigenvalue weighted by Crippen LogP contribution is -2.32. The van der Waals surface area contributed by atoms with E-state index in [1.54, 1.807) is 0 Å². The summed E-state index contributed by atoms with van der Waals surface area (Å²) in [5, 5.41) is 2.78. The van der Waals surface area contributed by atoms with Crippen molar-refractivity contribution in [3.63, 3.8) is 0 Å². The van der Waals surface area contributed by atoms with Gasteiger partial charge < -0.3 is 10.1 Å². The minimum absolute atomic E-state index is 0.249. The summed E-state index contributed by atoms with van der Waals surface area (Å²) in [5.74, 6) is -4.49. The smallest absolute Gasteiger partial charge is 0.330 e. The number of nitrogens with one attached hydrogen (secondary N) is 1. The molecule has 140 valence electrons. The van der Waals surface area contributed by atoms with Gasteiger partial charge in [-0.05, 0) is 54.8 Å². The van der Waals surface area contributed by atoms with Gasteiger partial charge in [-0.15, -0.1) is 0 Å². The lowest BCUT2D eigenvalue weighted by Gasteiger charge is -2.15. The molecule has 0 saturated heterocycles. The molecule has 0 unspecified atom stereocenters. The van der Waals surface area contributed by atoms with Crippen LogP contribution in [0.1, 0.15) is 27.0 Å². The van der Waals surface area contributed by atoms with Gasteiger partial charge in [0, 0.05) is 11.3 Å². The summed E-state index contributed by atoms with van der Waals surface area (Å²) in [6, 6.07) is 11.8. The van der Waals surface area contributed by atoms with Crippen molar-refractivity contribution in [3.8, 4) is 0 Å². The number of ether oxygens (including phenoxy) is 1. The lowest BCUT2D eigenvalue weighted by atomic mass is 10.1. The van der Waals surface area contributed by atoms with Gasteiger partial charge in [-0.3, -0.25) is 4.79 Å². The molecule has 0 fully saturated rings. The molecule has 7 heteroatoms. The van der Waals surface area contributed by atoms with E-state index in [1.807, 2.05) is 32.0 Å². The SMILES string of the molecule is Cc1cc(C)cc(NC(=O)c2ccc(COCC(F)(F)C(F)F)cc2)c1. The Morgan fingerprint density at radius 1 is 1.08 bits per heavy atom. The molecule has 1 amide bonds. The molecule has 0 aliphatic heterocycles. The topological polar surface area (TPSA) is 38.3 Å². The van der Waals surface area contributed by atoms with Crippen LogP contribution in [0.15, 0.2) is 42.5 Å². The van der Waals surface area contributed by atoms with Gasteiger partial charge in [0.15, 0.2) is 0 Å². The third-order valence-corrected chi connectivity index (χ3v) is 3.58. The fraction of sp³-hybridized carbons (Fsp3) is 0.316. The molecule has 0 bridgehead atoms. The number of alkyl halides is 4. The molecule has 0 spiro atoms. The van der Waals surface area contributed by atoms with E-state index in [4.69, 9.17) is 0 Å². The maximum Gasteiger partial charge on any atom is 0.330 e. The van der Waals surface area contributed by atoms with E-state index in [1.165, 1.54) is 24.3 Å². The summed E-state index contributed by atoms with van der Waals surface area (Å²) < 4.78 is 54.2. The highest BCUT2D eigenvalue weighted by Crippen LogP contribution is 2.23. The number of rotatable bonds is 7. The van der Waals surface area contributed by atoms with Crippen LogP contribution in [0.4, 0.5) is 23.2 Å². The van der Waals surface area contributed by atoms with Gasteiger partial charge in [0.1, 0.15) is 6.61 Å². The van der Waals surface area contributed by atoms with Gasteiger partial charge in [-0.2, -0.15) is 8.78 Å². The molecule has 3 nitrogen and oxygen atoms in total. The number of carbonyl (C=O) groups is 1. The van der Waals surface area contributed by atoms with Gasteiger partial charge in [0.2, 0.25) is 0 Å². The average Bonchev–Trinajstić information content (AvgIpc) is 2.54. The Labute approximate surface area is 149 Å². The Morgan fingerprint density at radius 3 is 2.19 bits per heavy atom. The quantitative estimate of drug-likeness (QED) is 0.700. The van der Waals surface area contributed by atoms with Crippen molar-refractivity contribution in [1.82, 2.24) is 0 Å². The van der Waals surface area contributed by atoms with Crippen LogP contribution in [0.5, 0.6) is 0 Å². The van der Waals surface area contributed by atoms with Crippen LogP contribution in [-0.4, -0.2) is 24.9 Å². The highest BCUT2D eigenvalue weighted by molar-refractivity contribution is 6.04. The Morgan fingerprint density at radius 2 is 1.65 bits per heavy atom. The van der Waals surface area contributed by atoms with E-state index >= 15 is 0 Å². The van der Waals surface area contributed by atoms with Crippen molar-refractivity contribution in [1.29, 1.82) is 0 Å². The number of anilines is 1. The molecule has 0 atom stereocenters. The van der Waals surface area contributed by atoms with Crippen molar-refractivity contribution in [2.45, 2.75) is 32.8 Å². The summed E-state index contributed by atoms with van der Waals surface area (Å²) in [7, 11) is 0. The zero-order valence-corrected chi connectivity index (χ0v) is 14.4. The number of benzene rings is 2. The molecule has 0 aromatic heterocycles. The highest BCUT2D eigenvalue weighted by Gasteiger charge is 2.40. The first-order chi connectivity index (χ1) is 12.2. The Hall–Kier alpha value is -2.41. The van der Waals surface area contributed by atoms with Crippen molar-refractivity contribution in [2.75, 3.05) is 11.9 Å². The van der Waals surface area contributed by atoms with E-state index in [0.29, 0.717) is 16.8 Å². The molecule has 0 aliphatic carbocycles. The molecule has 0 aliphatic rings. The Bertz CT molecular complexity index is 740. The number of amides is 1. The number of halogens is 4. The predicted molar refractivity (Wildman–Crippen MR) is 90.9 cm³/mol. The summed E-state index contributed by atoms with van der Waals surface area (Å²) in [6.45, 7) is 2.24. The second-order valence-electron chi connectivity index (χ2n) is 6.08. The zero-order chi connectivity index (χ0) is 19.3. The fourth-order valence-corrected chi connectivity index (χ4v) is 2.37. The first-order valence-corrected chi connectivity index (χ1v) is 7.90. The van der Waals surface area contributed by atoms with Crippen LogP contribution in [0, 0.1) is 13.8 Å². The Kier molecular flexibility index (Phi) is 6.37. The van der Waals surface area contributed by atoms with Gasteiger partial charge in [0.05, 0.1) is 6.61 Å². The molecule has 0 saturated carbocycles. The van der Waals surface area contributed by atoms with Crippen molar-refractivity contribution >= 4 is 11.6 Å². The van der Waals surface area contributed by atoms with Gasteiger partial charge in [-0.25, -0.2) is 8.78 Å². The van der Waals surface area contributed by atoms with Crippen molar-refractivity contribution in [3.05, 3.63) is 64.7 Å². The van der Waals surface area contributed by atoms with Crippen LogP contribution in [-0.2, 0) is 11.3 Å².